The monoisotopic (exact) mass is 570 g/mol. The van der Waals surface area contributed by atoms with Crippen LogP contribution in [0.5, 0.6) is 0 Å². The number of alkyl halides is 3. The molecule has 1 unspecified atom stereocenters. The van der Waals surface area contributed by atoms with Crippen molar-refractivity contribution >= 4 is 44.5 Å². The second-order valence-electron chi connectivity index (χ2n) is 8.05. The maximum atomic E-state index is 12.8. The van der Waals surface area contributed by atoms with E-state index in [0.29, 0.717) is 37.1 Å². The number of nitrogens with one attached hydrogen (secondary N) is 2. The van der Waals surface area contributed by atoms with Crippen molar-refractivity contribution in [2.75, 3.05) is 36.5 Å². The molecular weight excluding hydrogens is 549 g/mol. The second-order valence-corrected chi connectivity index (χ2v) is 11.1. The molecule has 2 amide bonds. The molecular formula is C22H21F3N6O5S2. The quantitative estimate of drug-likeness (QED) is 0.438. The fourth-order valence-corrected chi connectivity index (χ4v) is 5.05. The van der Waals surface area contributed by atoms with Crippen LogP contribution in [0.25, 0.3) is 0 Å². The van der Waals surface area contributed by atoms with Crippen LogP contribution in [-0.2, 0) is 14.6 Å². The second kappa shape index (κ2) is 11.0. The van der Waals surface area contributed by atoms with E-state index in [1.807, 2.05) is 4.90 Å². The molecule has 1 atom stereocenters. The van der Waals surface area contributed by atoms with Crippen LogP contribution in [0.4, 0.5) is 24.7 Å². The summed E-state index contributed by atoms with van der Waals surface area (Å²) in [6, 6.07) is 4.82. The van der Waals surface area contributed by atoms with Gasteiger partial charge in [0.25, 0.3) is 21.7 Å². The van der Waals surface area contributed by atoms with Crippen LogP contribution in [0.15, 0.2) is 47.8 Å². The maximum Gasteiger partial charge on any atom is 0.501 e. The highest BCUT2D eigenvalue weighted by Crippen LogP contribution is 2.31. The SMILES string of the molecule is CC(NC(=O)c1cc(N2CCOCC2)ncn1)c1ncc(C(=O)Nc2cccc(S(=O)(=O)C(F)(F)F)c2)s1. The largest absolute Gasteiger partial charge is 0.501 e. The molecule has 16 heteroatoms. The van der Waals surface area contributed by atoms with Crippen molar-refractivity contribution < 1.29 is 35.9 Å². The number of halogens is 3. The third-order valence-electron chi connectivity index (χ3n) is 5.39. The minimum atomic E-state index is -5.57. The molecule has 3 heterocycles. The number of sulfone groups is 1. The van der Waals surface area contributed by atoms with Crippen LogP contribution < -0.4 is 15.5 Å². The Labute approximate surface area is 219 Å². The van der Waals surface area contributed by atoms with Gasteiger partial charge in [-0.05, 0) is 25.1 Å². The highest BCUT2D eigenvalue weighted by Gasteiger charge is 2.46. The summed E-state index contributed by atoms with van der Waals surface area (Å²) >= 11 is 0.954. The predicted octanol–water partition coefficient (Wildman–Crippen LogP) is 2.81. The van der Waals surface area contributed by atoms with E-state index in [2.05, 4.69) is 25.6 Å². The number of thiazole rings is 1. The van der Waals surface area contributed by atoms with Gasteiger partial charge in [0.15, 0.2) is 0 Å². The molecule has 38 heavy (non-hydrogen) atoms. The number of nitrogens with zero attached hydrogens (tertiary/aromatic N) is 4. The average molecular weight is 571 g/mol. The molecule has 4 rings (SSSR count). The summed E-state index contributed by atoms with van der Waals surface area (Å²) in [7, 11) is -5.57. The molecule has 11 nitrogen and oxygen atoms in total. The number of aromatic nitrogens is 3. The Kier molecular flexibility index (Phi) is 7.94. The Balaban J connectivity index is 1.41. The highest BCUT2D eigenvalue weighted by atomic mass is 32.2. The lowest BCUT2D eigenvalue weighted by atomic mass is 10.3. The zero-order chi connectivity index (χ0) is 27.5. The summed E-state index contributed by atoms with van der Waals surface area (Å²) in [6.07, 6.45) is 2.54. The molecule has 0 spiro atoms. The summed E-state index contributed by atoms with van der Waals surface area (Å²) in [5.74, 6) is -0.584. The fraction of sp³-hybridized carbons (Fsp3) is 0.318. The van der Waals surface area contributed by atoms with Crippen molar-refractivity contribution in [1.29, 1.82) is 0 Å². The first-order valence-electron chi connectivity index (χ1n) is 11.1. The van der Waals surface area contributed by atoms with Crippen molar-refractivity contribution in [3.8, 4) is 0 Å². The van der Waals surface area contributed by atoms with Crippen LogP contribution >= 0.6 is 11.3 Å². The van der Waals surface area contributed by atoms with Crippen LogP contribution in [0.2, 0.25) is 0 Å². The first-order valence-corrected chi connectivity index (χ1v) is 13.4. The maximum absolute atomic E-state index is 12.8. The number of morpholine rings is 1. The molecule has 3 aromatic rings. The molecule has 1 saturated heterocycles. The highest BCUT2D eigenvalue weighted by molar-refractivity contribution is 7.92. The third kappa shape index (κ3) is 6.08. The van der Waals surface area contributed by atoms with Gasteiger partial charge in [-0.3, -0.25) is 9.59 Å². The van der Waals surface area contributed by atoms with Crippen molar-refractivity contribution in [3.05, 3.63) is 58.4 Å². The molecule has 2 N–H and O–H groups in total. The number of rotatable bonds is 7. The van der Waals surface area contributed by atoms with E-state index < -0.39 is 38.1 Å². The van der Waals surface area contributed by atoms with E-state index in [9.17, 15) is 31.2 Å². The Morgan fingerprint density at radius 3 is 2.55 bits per heavy atom. The molecule has 1 aliphatic heterocycles. The summed E-state index contributed by atoms with van der Waals surface area (Å²) in [4.78, 5) is 38.8. The number of carbonyl (C=O) groups excluding carboxylic acids is 2. The summed E-state index contributed by atoms with van der Waals surface area (Å²) in [5, 5.41) is 5.50. The van der Waals surface area contributed by atoms with Gasteiger partial charge in [-0.15, -0.1) is 11.3 Å². The Morgan fingerprint density at radius 2 is 1.84 bits per heavy atom. The first-order chi connectivity index (χ1) is 18.0. The third-order valence-corrected chi connectivity index (χ3v) is 8.06. The van der Waals surface area contributed by atoms with E-state index in [1.54, 1.807) is 13.0 Å². The number of ether oxygens (including phenoxy) is 1. The van der Waals surface area contributed by atoms with Gasteiger partial charge in [0, 0.05) is 24.8 Å². The molecule has 1 aromatic carbocycles. The Bertz CT molecular complexity index is 1440. The number of benzene rings is 1. The summed E-state index contributed by atoms with van der Waals surface area (Å²) in [6.45, 7) is 4.05. The minimum absolute atomic E-state index is 0.0989. The van der Waals surface area contributed by atoms with E-state index >= 15 is 0 Å². The molecule has 0 aliphatic carbocycles. The number of carbonyl (C=O) groups is 2. The number of hydrogen-bond donors (Lipinski definition) is 2. The molecule has 0 radical (unpaired) electrons. The number of hydrogen-bond acceptors (Lipinski definition) is 10. The van der Waals surface area contributed by atoms with Gasteiger partial charge in [-0.1, -0.05) is 6.07 Å². The molecule has 0 bridgehead atoms. The molecule has 202 valence electrons. The molecule has 2 aromatic heterocycles. The van der Waals surface area contributed by atoms with Crippen LogP contribution in [-0.4, -0.2) is 67.0 Å². The van der Waals surface area contributed by atoms with Crippen molar-refractivity contribution in [2.45, 2.75) is 23.4 Å². The summed E-state index contributed by atoms with van der Waals surface area (Å²) < 4.78 is 67.1. The van der Waals surface area contributed by atoms with E-state index in [0.717, 1.165) is 29.5 Å². The Morgan fingerprint density at radius 1 is 1.11 bits per heavy atom. The fourth-order valence-electron chi connectivity index (χ4n) is 3.43. The van der Waals surface area contributed by atoms with E-state index in [1.165, 1.54) is 18.6 Å². The molecule has 1 aliphatic rings. The van der Waals surface area contributed by atoms with Gasteiger partial charge in [-0.2, -0.15) is 13.2 Å². The van der Waals surface area contributed by atoms with Gasteiger partial charge in [0.05, 0.1) is 30.3 Å². The lowest BCUT2D eigenvalue weighted by Crippen LogP contribution is -2.37. The number of amides is 2. The van der Waals surface area contributed by atoms with Gasteiger partial charge in [0.2, 0.25) is 0 Å². The summed E-state index contributed by atoms with van der Waals surface area (Å²) in [5.41, 5.74) is -5.47. The van der Waals surface area contributed by atoms with Crippen LogP contribution in [0, 0.1) is 0 Å². The van der Waals surface area contributed by atoms with Crippen LogP contribution in [0.1, 0.15) is 38.1 Å². The first kappa shape index (κ1) is 27.4. The zero-order valence-corrected chi connectivity index (χ0v) is 21.4. The normalized spacial score (nSPS) is 15.1. The van der Waals surface area contributed by atoms with Gasteiger partial charge in [0.1, 0.15) is 27.7 Å². The van der Waals surface area contributed by atoms with Crippen molar-refractivity contribution in [1.82, 2.24) is 20.3 Å². The van der Waals surface area contributed by atoms with Crippen molar-refractivity contribution in [3.63, 3.8) is 0 Å². The van der Waals surface area contributed by atoms with E-state index in [4.69, 9.17) is 4.74 Å². The van der Waals surface area contributed by atoms with Gasteiger partial charge >= 0.3 is 5.51 Å². The standard InChI is InChI=1S/C22H21F3N6O5S2/c1-13(29-19(32)16-10-18(28-12-27-16)31-5-7-36-8-6-31)21-26-11-17(37-21)20(33)30-14-3-2-4-15(9-14)38(34,35)22(23,24)25/h2-4,9-13H,5-8H2,1H3,(H,29,32)(H,30,33). The smallest absolute Gasteiger partial charge is 0.378 e. The number of anilines is 2. The average Bonchev–Trinajstić information content (AvgIpc) is 3.40. The van der Waals surface area contributed by atoms with E-state index in [-0.39, 0.29) is 16.3 Å². The minimum Gasteiger partial charge on any atom is -0.378 e. The molecule has 0 saturated carbocycles. The van der Waals surface area contributed by atoms with Crippen molar-refractivity contribution in [2.24, 2.45) is 0 Å². The predicted molar refractivity (Wildman–Crippen MR) is 131 cm³/mol. The lowest BCUT2D eigenvalue weighted by Gasteiger charge is -2.27. The molecule has 1 fully saturated rings. The lowest BCUT2D eigenvalue weighted by molar-refractivity contribution is -0.0436. The van der Waals surface area contributed by atoms with Gasteiger partial charge < -0.3 is 20.3 Å². The zero-order valence-electron chi connectivity index (χ0n) is 19.7. The topological polar surface area (TPSA) is 143 Å². The van der Waals surface area contributed by atoms with Crippen LogP contribution in [0.3, 0.4) is 0 Å². The van der Waals surface area contributed by atoms with Gasteiger partial charge in [-0.25, -0.2) is 23.4 Å². The Hall–Kier alpha value is -3.63.